The molecule has 0 aliphatic carbocycles. The lowest BCUT2D eigenvalue weighted by Gasteiger charge is -2.15. The maximum atomic E-state index is 12.0. The molecule has 0 saturated heterocycles. The van der Waals surface area contributed by atoms with E-state index >= 15 is 0 Å². The highest BCUT2D eigenvalue weighted by atomic mass is 32.2. The molecule has 0 aliphatic rings. The van der Waals surface area contributed by atoms with Crippen molar-refractivity contribution in [3.8, 4) is 0 Å². The predicted molar refractivity (Wildman–Crippen MR) is 86.3 cm³/mol. The molecule has 1 atom stereocenters. The molecular weight excluding hydrogens is 298 g/mol. The van der Waals surface area contributed by atoms with Crippen molar-refractivity contribution in [3.05, 3.63) is 65.7 Å². The van der Waals surface area contributed by atoms with Gasteiger partial charge in [-0.05, 0) is 30.2 Å². The Hall–Kier alpha value is -2.14. The van der Waals surface area contributed by atoms with Gasteiger partial charge >= 0.3 is 0 Å². The minimum atomic E-state index is -3.20. The van der Waals surface area contributed by atoms with Crippen LogP contribution in [0.1, 0.15) is 24.1 Å². The second kappa shape index (κ2) is 6.75. The van der Waals surface area contributed by atoms with Crippen molar-refractivity contribution in [1.82, 2.24) is 5.32 Å². The van der Waals surface area contributed by atoms with Gasteiger partial charge in [-0.25, -0.2) is 8.42 Å². The van der Waals surface area contributed by atoms with Crippen molar-refractivity contribution in [3.63, 3.8) is 0 Å². The van der Waals surface area contributed by atoms with Crippen LogP contribution in [0.4, 0.5) is 0 Å². The Morgan fingerprint density at radius 1 is 1.05 bits per heavy atom. The molecule has 1 N–H and O–H groups in total. The number of hydrogen-bond acceptors (Lipinski definition) is 3. The fourth-order valence-electron chi connectivity index (χ4n) is 2.16. The van der Waals surface area contributed by atoms with Crippen molar-refractivity contribution in [1.29, 1.82) is 0 Å². The van der Waals surface area contributed by atoms with Crippen LogP contribution in [0.15, 0.2) is 59.5 Å². The largest absolute Gasteiger partial charge is 0.349 e. The maximum absolute atomic E-state index is 12.0. The molecule has 1 amide bonds. The summed E-state index contributed by atoms with van der Waals surface area (Å²) in [7, 11) is -3.20. The normalized spacial score (nSPS) is 12.6. The van der Waals surface area contributed by atoms with Crippen molar-refractivity contribution in [2.24, 2.45) is 0 Å². The molecule has 0 aliphatic heterocycles. The molecular formula is C17H19NO3S. The number of hydrogen-bond donors (Lipinski definition) is 1. The van der Waals surface area contributed by atoms with Crippen LogP contribution in [0.2, 0.25) is 0 Å². The maximum Gasteiger partial charge on any atom is 0.224 e. The molecule has 4 nitrogen and oxygen atoms in total. The minimum absolute atomic E-state index is 0.0640. The Kier molecular flexibility index (Phi) is 4.98. The first-order valence-corrected chi connectivity index (χ1v) is 8.89. The summed E-state index contributed by atoms with van der Waals surface area (Å²) in [5.41, 5.74) is 1.83. The van der Waals surface area contributed by atoms with Gasteiger partial charge in [0.25, 0.3) is 0 Å². The first-order chi connectivity index (χ1) is 10.4. The van der Waals surface area contributed by atoms with Gasteiger partial charge in [0.15, 0.2) is 9.84 Å². The summed E-state index contributed by atoms with van der Waals surface area (Å²) in [6.45, 7) is 1.87. The molecule has 5 heteroatoms. The average molecular weight is 317 g/mol. The number of amides is 1. The summed E-state index contributed by atoms with van der Waals surface area (Å²) in [6.07, 6.45) is 1.50. The standard InChI is InChI=1S/C17H19NO3S/c1-13(15-8-10-16(11-9-15)22(2,20)21)18-17(19)12-14-6-4-3-5-7-14/h3-11,13H,12H2,1-2H3,(H,18,19)/t13-/m0/s1. The zero-order valence-electron chi connectivity index (χ0n) is 12.6. The summed E-state index contributed by atoms with van der Waals surface area (Å²) >= 11 is 0. The van der Waals surface area contributed by atoms with Crippen molar-refractivity contribution in [2.45, 2.75) is 24.3 Å². The second-order valence-corrected chi connectivity index (χ2v) is 7.31. The molecule has 2 aromatic carbocycles. The Balaban J connectivity index is 2.00. The summed E-state index contributed by atoms with van der Waals surface area (Å²) in [6, 6.07) is 15.9. The summed E-state index contributed by atoms with van der Waals surface area (Å²) in [4.78, 5) is 12.3. The highest BCUT2D eigenvalue weighted by molar-refractivity contribution is 7.90. The third-order valence-corrected chi connectivity index (χ3v) is 4.52. The number of carbonyl (C=O) groups excluding carboxylic acids is 1. The first kappa shape index (κ1) is 16.2. The Labute approximate surface area is 131 Å². The summed E-state index contributed by atoms with van der Waals surface area (Å²) in [5, 5.41) is 2.91. The highest BCUT2D eigenvalue weighted by Gasteiger charge is 2.12. The zero-order valence-corrected chi connectivity index (χ0v) is 13.4. The van der Waals surface area contributed by atoms with Crippen molar-refractivity contribution >= 4 is 15.7 Å². The van der Waals surface area contributed by atoms with E-state index in [1.54, 1.807) is 24.3 Å². The third-order valence-electron chi connectivity index (χ3n) is 3.39. The molecule has 0 radical (unpaired) electrons. The van der Waals surface area contributed by atoms with Gasteiger partial charge in [-0.2, -0.15) is 0 Å². The molecule has 0 fully saturated rings. The topological polar surface area (TPSA) is 63.2 Å². The van der Waals surface area contributed by atoms with Gasteiger partial charge in [-0.15, -0.1) is 0 Å². The van der Waals surface area contributed by atoms with Gasteiger partial charge < -0.3 is 5.32 Å². The number of sulfone groups is 1. The minimum Gasteiger partial charge on any atom is -0.349 e. The van der Waals surface area contributed by atoms with Gasteiger partial charge in [0.1, 0.15) is 0 Å². The fourth-order valence-corrected chi connectivity index (χ4v) is 2.79. The Morgan fingerprint density at radius 3 is 2.18 bits per heavy atom. The van der Waals surface area contributed by atoms with E-state index in [4.69, 9.17) is 0 Å². The van der Waals surface area contributed by atoms with E-state index in [0.29, 0.717) is 6.42 Å². The van der Waals surface area contributed by atoms with Gasteiger partial charge in [0.05, 0.1) is 17.4 Å². The van der Waals surface area contributed by atoms with Gasteiger partial charge in [0.2, 0.25) is 5.91 Å². The van der Waals surface area contributed by atoms with Crippen LogP contribution in [0.3, 0.4) is 0 Å². The summed E-state index contributed by atoms with van der Waals surface area (Å²) in [5.74, 6) is -0.0640. The lowest BCUT2D eigenvalue weighted by atomic mass is 10.1. The summed E-state index contributed by atoms with van der Waals surface area (Å²) < 4.78 is 22.9. The van der Waals surface area contributed by atoms with Crippen LogP contribution in [-0.2, 0) is 21.1 Å². The third kappa shape index (κ3) is 4.43. The van der Waals surface area contributed by atoms with Crippen LogP contribution in [0.5, 0.6) is 0 Å². The van der Waals surface area contributed by atoms with Crippen LogP contribution in [-0.4, -0.2) is 20.6 Å². The van der Waals surface area contributed by atoms with Crippen LogP contribution in [0, 0.1) is 0 Å². The molecule has 116 valence electrons. The van der Waals surface area contributed by atoms with E-state index < -0.39 is 9.84 Å². The lowest BCUT2D eigenvalue weighted by molar-refractivity contribution is -0.121. The van der Waals surface area contributed by atoms with E-state index in [1.165, 1.54) is 6.26 Å². The molecule has 0 aromatic heterocycles. The number of carbonyl (C=O) groups is 1. The molecule has 0 saturated carbocycles. The van der Waals surface area contributed by atoms with Gasteiger partial charge in [-0.3, -0.25) is 4.79 Å². The molecule has 2 rings (SSSR count). The molecule has 22 heavy (non-hydrogen) atoms. The predicted octanol–water partition coefficient (Wildman–Crippen LogP) is 2.51. The fraction of sp³-hybridized carbons (Fsp3) is 0.235. The van der Waals surface area contributed by atoms with Crippen molar-refractivity contribution < 1.29 is 13.2 Å². The zero-order chi connectivity index (χ0) is 16.2. The van der Waals surface area contributed by atoms with Crippen molar-refractivity contribution in [2.75, 3.05) is 6.26 Å². The monoisotopic (exact) mass is 317 g/mol. The van der Waals surface area contributed by atoms with E-state index in [-0.39, 0.29) is 16.8 Å². The van der Waals surface area contributed by atoms with E-state index in [9.17, 15) is 13.2 Å². The second-order valence-electron chi connectivity index (χ2n) is 5.29. The van der Waals surface area contributed by atoms with Crippen LogP contribution >= 0.6 is 0 Å². The number of nitrogens with one attached hydrogen (secondary N) is 1. The Morgan fingerprint density at radius 2 is 1.64 bits per heavy atom. The van der Waals surface area contributed by atoms with E-state index in [1.807, 2.05) is 37.3 Å². The average Bonchev–Trinajstić information content (AvgIpc) is 2.47. The molecule has 0 unspecified atom stereocenters. The SMILES string of the molecule is C[C@H](NC(=O)Cc1ccccc1)c1ccc(S(C)(=O)=O)cc1. The first-order valence-electron chi connectivity index (χ1n) is 6.99. The van der Waals surface area contributed by atoms with Gasteiger partial charge in [0, 0.05) is 6.26 Å². The molecule has 2 aromatic rings. The quantitative estimate of drug-likeness (QED) is 0.921. The highest BCUT2D eigenvalue weighted by Crippen LogP contribution is 2.16. The molecule has 0 spiro atoms. The Bertz CT molecular complexity index is 737. The van der Waals surface area contributed by atoms with E-state index in [0.717, 1.165) is 11.1 Å². The molecule has 0 heterocycles. The number of rotatable bonds is 5. The van der Waals surface area contributed by atoms with Crippen LogP contribution in [0.25, 0.3) is 0 Å². The molecule has 0 bridgehead atoms. The number of benzene rings is 2. The van der Waals surface area contributed by atoms with Crippen LogP contribution < -0.4 is 5.32 Å². The van der Waals surface area contributed by atoms with Gasteiger partial charge in [-0.1, -0.05) is 42.5 Å². The van der Waals surface area contributed by atoms with E-state index in [2.05, 4.69) is 5.32 Å². The lowest BCUT2D eigenvalue weighted by Crippen LogP contribution is -2.28. The smallest absolute Gasteiger partial charge is 0.224 e.